The van der Waals surface area contributed by atoms with E-state index in [1.54, 1.807) is 0 Å². The van der Waals surface area contributed by atoms with E-state index in [0.29, 0.717) is 18.2 Å². The van der Waals surface area contributed by atoms with Crippen LogP contribution in [0, 0.1) is 5.92 Å². The van der Waals surface area contributed by atoms with E-state index >= 15 is 0 Å². The number of rotatable bonds is 5. The van der Waals surface area contributed by atoms with Crippen LogP contribution in [0.2, 0.25) is 0 Å². The van der Waals surface area contributed by atoms with E-state index in [1.165, 1.54) is 12.0 Å². The molecule has 1 saturated heterocycles. The van der Waals surface area contributed by atoms with E-state index in [0.717, 1.165) is 57.2 Å². The monoisotopic (exact) mass is 352 g/mol. The fourth-order valence-electron chi connectivity index (χ4n) is 3.79. The zero-order valence-electron chi connectivity index (χ0n) is 14.5. The van der Waals surface area contributed by atoms with Crippen molar-refractivity contribution in [3.63, 3.8) is 0 Å². The molecule has 1 N–H and O–H groups in total. The largest absolute Gasteiger partial charge is 0.493 e. The standard InChI is InChI=1S/C19H28N2O2.ClH/c1-20-10-6-15-7-11-21(12-8-15)19(22)14-16-9-13-23-18-5-3-2-4-17(16)18;/h2-5,15-16,20H,6-14H2,1H3;1H. The zero-order chi connectivity index (χ0) is 16.1. The van der Waals surface area contributed by atoms with E-state index in [1.807, 2.05) is 25.2 Å². The molecule has 2 heterocycles. The third-order valence-electron chi connectivity index (χ3n) is 5.27. The van der Waals surface area contributed by atoms with Crippen molar-refractivity contribution in [3.8, 4) is 5.75 Å². The predicted octanol–water partition coefficient (Wildman–Crippen LogP) is 3.21. The first-order valence-electron chi connectivity index (χ1n) is 8.92. The number of nitrogens with one attached hydrogen (secondary N) is 1. The molecule has 1 amide bonds. The second-order valence-electron chi connectivity index (χ2n) is 6.79. The van der Waals surface area contributed by atoms with E-state index in [9.17, 15) is 4.79 Å². The van der Waals surface area contributed by atoms with Crippen LogP contribution in [0.25, 0.3) is 0 Å². The summed E-state index contributed by atoms with van der Waals surface area (Å²) in [5.74, 6) is 2.37. The van der Waals surface area contributed by atoms with Crippen LogP contribution in [0.3, 0.4) is 0 Å². The molecule has 0 spiro atoms. The van der Waals surface area contributed by atoms with Gasteiger partial charge < -0.3 is 15.0 Å². The molecular weight excluding hydrogens is 324 g/mol. The van der Waals surface area contributed by atoms with Crippen LogP contribution >= 0.6 is 12.4 Å². The van der Waals surface area contributed by atoms with Crippen LogP contribution in [0.1, 0.15) is 43.6 Å². The van der Waals surface area contributed by atoms with Crippen LogP contribution in [0.15, 0.2) is 24.3 Å². The third-order valence-corrected chi connectivity index (χ3v) is 5.27. The van der Waals surface area contributed by atoms with E-state index in [4.69, 9.17) is 4.74 Å². The van der Waals surface area contributed by atoms with E-state index < -0.39 is 0 Å². The summed E-state index contributed by atoms with van der Waals surface area (Å²) in [7, 11) is 2.00. The average molecular weight is 353 g/mol. The lowest BCUT2D eigenvalue weighted by Crippen LogP contribution is -2.39. The first-order valence-corrected chi connectivity index (χ1v) is 8.92. The number of nitrogens with zero attached hydrogens (tertiary/aromatic N) is 1. The maximum Gasteiger partial charge on any atom is 0.223 e. The number of piperidine rings is 1. The van der Waals surface area contributed by atoms with Crippen molar-refractivity contribution in [3.05, 3.63) is 29.8 Å². The highest BCUT2D eigenvalue weighted by atomic mass is 35.5. The van der Waals surface area contributed by atoms with Crippen molar-refractivity contribution >= 4 is 18.3 Å². The minimum Gasteiger partial charge on any atom is -0.493 e. The zero-order valence-corrected chi connectivity index (χ0v) is 15.3. The molecule has 1 aromatic rings. The van der Waals surface area contributed by atoms with Gasteiger partial charge in [0.15, 0.2) is 0 Å². The number of amides is 1. The number of hydrogen-bond acceptors (Lipinski definition) is 3. The maximum atomic E-state index is 12.7. The number of carbonyl (C=O) groups is 1. The smallest absolute Gasteiger partial charge is 0.223 e. The lowest BCUT2D eigenvalue weighted by molar-refractivity contribution is -0.133. The van der Waals surface area contributed by atoms with Crippen molar-refractivity contribution in [1.29, 1.82) is 0 Å². The van der Waals surface area contributed by atoms with Crippen molar-refractivity contribution in [2.75, 3.05) is 33.3 Å². The molecule has 2 aliphatic heterocycles. The predicted molar refractivity (Wildman–Crippen MR) is 99.0 cm³/mol. The average Bonchev–Trinajstić information content (AvgIpc) is 2.60. The number of likely N-dealkylation sites (tertiary alicyclic amines) is 1. The highest BCUT2D eigenvalue weighted by molar-refractivity contribution is 5.85. The van der Waals surface area contributed by atoms with Gasteiger partial charge >= 0.3 is 0 Å². The molecule has 5 heteroatoms. The fourth-order valence-corrected chi connectivity index (χ4v) is 3.79. The molecule has 4 nitrogen and oxygen atoms in total. The van der Waals surface area contributed by atoms with Gasteiger partial charge in [-0.1, -0.05) is 18.2 Å². The van der Waals surface area contributed by atoms with Gasteiger partial charge in [-0.3, -0.25) is 4.79 Å². The van der Waals surface area contributed by atoms with E-state index in [-0.39, 0.29) is 12.4 Å². The van der Waals surface area contributed by atoms with Crippen LogP contribution in [-0.2, 0) is 4.79 Å². The summed E-state index contributed by atoms with van der Waals surface area (Å²) < 4.78 is 5.70. The molecule has 0 aliphatic carbocycles. The maximum absolute atomic E-state index is 12.7. The normalized spacial score (nSPS) is 20.7. The lowest BCUT2D eigenvalue weighted by atomic mass is 9.89. The van der Waals surface area contributed by atoms with Gasteiger partial charge in [-0.05, 0) is 62.7 Å². The highest BCUT2D eigenvalue weighted by Gasteiger charge is 2.27. The summed E-state index contributed by atoms with van der Waals surface area (Å²) in [5, 5.41) is 3.22. The van der Waals surface area contributed by atoms with Crippen LogP contribution < -0.4 is 10.1 Å². The summed E-state index contributed by atoms with van der Waals surface area (Å²) in [6.45, 7) is 3.66. The van der Waals surface area contributed by atoms with E-state index in [2.05, 4.69) is 16.3 Å². The molecule has 0 radical (unpaired) electrons. The Morgan fingerprint density at radius 1 is 1.25 bits per heavy atom. The molecule has 1 aromatic carbocycles. The summed E-state index contributed by atoms with van der Waals surface area (Å²) in [5.41, 5.74) is 1.20. The first kappa shape index (κ1) is 19.1. The minimum absolute atomic E-state index is 0. The van der Waals surface area contributed by atoms with Crippen LogP contribution in [0.4, 0.5) is 0 Å². The van der Waals surface area contributed by atoms with Gasteiger partial charge in [0.2, 0.25) is 5.91 Å². The molecule has 1 fully saturated rings. The van der Waals surface area contributed by atoms with Crippen molar-refractivity contribution in [1.82, 2.24) is 10.2 Å². The molecule has 1 atom stereocenters. The Morgan fingerprint density at radius 3 is 2.75 bits per heavy atom. The summed E-state index contributed by atoms with van der Waals surface area (Å²) >= 11 is 0. The summed E-state index contributed by atoms with van der Waals surface area (Å²) in [6, 6.07) is 8.16. The Balaban J connectivity index is 0.00000208. The Morgan fingerprint density at radius 2 is 2.00 bits per heavy atom. The Labute approximate surface area is 151 Å². The second-order valence-corrected chi connectivity index (χ2v) is 6.79. The van der Waals surface area contributed by atoms with Gasteiger partial charge in [-0.2, -0.15) is 0 Å². The SMILES string of the molecule is CNCCC1CCN(C(=O)CC2CCOc3ccccc32)CC1.Cl. The van der Waals surface area contributed by atoms with Gasteiger partial charge in [0.05, 0.1) is 6.61 Å². The fraction of sp³-hybridized carbons (Fsp3) is 0.632. The third kappa shape index (κ3) is 4.64. The van der Waals surface area contributed by atoms with Gasteiger partial charge in [-0.25, -0.2) is 0 Å². The molecule has 24 heavy (non-hydrogen) atoms. The van der Waals surface area contributed by atoms with Crippen molar-refractivity contribution < 1.29 is 9.53 Å². The molecule has 134 valence electrons. The Bertz CT molecular complexity index is 530. The quantitative estimate of drug-likeness (QED) is 0.884. The molecule has 2 aliphatic rings. The number of ether oxygens (including phenoxy) is 1. The lowest BCUT2D eigenvalue weighted by Gasteiger charge is -2.34. The molecule has 1 unspecified atom stereocenters. The second kappa shape index (κ2) is 9.28. The van der Waals surface area contributed by atoms with Gasteiger partial charge in [-0.15, -0.1) is 12.4 Å². The number of halogens is 1. The number of benzene rings is 1. The number of carbonyl (C=O) groups excluding carboxylic acids is 1. The minimum atomic E-state index is 0. The Kier molecular flexibility index (Phi) is 7.38. The molecule has 0 bridgehead atoms. The van der Waals surface area contributed by atoms with Crippen molar-refractivity contribution in [2.24, 2.45) is 5.92 Å². The summed E-state index contributed by atoms with van der Waals surface area (Å²) in [4.78, 5) is 14.7. The number of fused-ring (bicyclic) bond motifs is 1. The van der Waals surface area contributed by atoms with Crippen molar-refractivity contribution in [2.45, 2.75) is 38.0 Å². The number of hydrogen-bond donors (Lipinski definition) is 1. The number of para-hydroxylation sites is 1. The topological polar surface area (TPSA) is 41.6 Å². The highest BCUT2D eigenvalue weighted by Crippen LogP contribution is 2.36. The first-order chi connectivity index (χ1) is 11.3. The Hall–Kier alpha value is -1.26. The molecule has 3 rings (SSSR count). The van der Waals surface area contributed by atoms with Crippen LogP contribution in [0.5, 0.6) is 5.75 Å². The molecule has 0 saturated carbocycles. The summed E-state index contributed by atoms with van der Waals surface area (Å²) in [6.07, 6.45) is 5.10. The molecular formula is C19H29ClN2O2. The van der Waals surface area contributed by atoms with Crippen LogP contribution in [-0.4, -0.2) is 44.1 Å². The van der Waals surface area contributed by atoms with Gasteiger partial charge in [0.1, 0.15) is 5.75 Å². The van der Waals surface area contributed by atoms with Gasteiger partial charge in [0, 0.05) is 19.5 Å². The molecule has 0 aromatic heterocycles. The van der Waals surface area contributed by atoms with Gasteiger partial charge in [0.25, 0.3) is 0 Å².